The largest absolute Gasteiger partial charge is 0.379 e. The summed E-state index contributed by atoms with van der Waals surface area (Å²) >= 11 is 5.36. The fraction of sp³-hybridized carbons (Fsp3) is 0.350. The average molecular weight is 373 g/mol. The Morgan fingerprint density at radius 1 is 0.962 bits per heavy atom. The lowest BCUT2D eigenvalue weighted by molar-refractivity contribution is 0.0341. The van der Waals surface area contributed by atoms with Crippen LogP contribution in [0.3, 0.4) is 0 Å². The van der Waals surface area contributed by atoms with E-state index in [0.29, 0.717) is 18.2 Å². The number of halogens is 1. The van der Waals surface area contributed by atoms with Crippen LogP contribution in [0.1, 0.15) is 16.7 Å². The van der Waals surface area contributed by atoms with Gasteiger partial charge in [0.2, 0.25) is 0 Å². The van der Waals surface area contributed by atoms with Crippen molar-refractivity contribution in [2.24, 2.45) is 0 Å². The van der Waals surface area contributed by atoms with Crippen molar-refractivity contribution in [1.82, 2.24) is 15.5 Å². The lowest BCUT2D eigenvalue weighted by atomic mass is 10.1. The molecule has 0 aromatic heterocycles. The zero-order valence-corrected chi connectivity index (χ0v) is 15.5. The molecule has 2 N–H and O–H groups in total. The number of nitrogens with one attached hydrogen (secondary N) is 2. The molecule has 1 saturated heterocycles. The molecule has 0 saturated carbocycles. The lowest BCUT2D eigenvalue weighted by Gasteiger charge is -2.27. The SMILES string of the molecule is Fc1ccc(CNC(=S)NCc2ccccc2CN2CCOCC2)cc1. The summed E-state index contributed by atoms with van der Waals surface area (Å²) in [6.45, 7) is 5.72. The van der Waals surface area contributed by atoms with E-state index in [2.05, 4.69) is 39.8 Å². The van der Waals surface area contributed by atoms with Crippen LogP contribution < -0.4 is 10.6 Å². The second kappa shape index (κ2) is 9.62. The van der Waals surface area contributed by atoms with Gasteiger partial charge in [-0.1, -0.05) is 36.4 Å². The van der Waals surface area contributed by atoms with E-state index in [9.17, 15) is 4.39 Å². The first-order valence-corrected chi connectivity index (χ1v) is 9.24. The van der Waals surface area contributed by atoms with Gasteiger partial charge in [0, 0.05) is 32.7 Å². The predicted octanol–water partition coefficient (Wildman–Crippen LogP) is 2.82. The van der Waals surface area contributed by atoms with Gasteiger partial charge in [-0.3, -0.25) is 4.90 Å². The summed E-state index contributed by atoms with van der Waals surface area (Å²) in [7, 11) is 0. The number of thiocarbonyl (C=S) groups is 1. The second-order valence-electron chi connectivity index (χ2n) is 6.32. The van der Waals surface area contributed by atoms with Crippen LogP contribution in [0, 0.1) is 5.82 Å². The number of ether oxygens (including phenoxy) is 1. The van der Waals surface area contributed by atoms with E-state index in [1.807, 2.05) is 0 Å². The van der Waals surface area contributed by atoms with Crippen LogP contribution in [0.25, 0.3) is 0 Å². The Kier molecular flexibility index (Phi) is 6.94. The van der Waals surface area contributed by atoms with Gasteiger partial charge in [-0.2, -0.15) is 0 Å². The van der Waals surface area contributed by atoms with Crippen molar-refractivity contribution in [3.8, 4) is 0 Å². The molecule has 3 rings (SSSR count). The summed E-state index contributed by atoms with van der Waals surface area (Å²) in [5.74, 6) is -0.230. The van der Waals surface area contributed by atoms with Gasteiger partial charge >= 0.3 is 0 Å². The minimum atomic E-state index is -0.230. The van der Waals surface area contributed by atoms with Gasteiger partial charge in [0.25, 0.3) is 0 Å². The number of nitrogens with zero attached hydrogens (tertiary/aromatic N) is 1. The molecule has 0 spiro atoms. The molecule has 1 fully saturated rings. The van der Waals surface area contributed by atoms with Crippen molar-refractivity contribution >= 4 is 17.3 Å². The van der Waals surface area contributed by atoms with Gasteiger partial charge in [0.1, 0.15) is 5.82 Å². The third-order valence-corrected chi connectivity index (χ3v) is 4.71. The van der Waals surface area contributed by atoms with Crippen molar-refractivity contribution in [3.05, 3.63) is 71.0 Å². The highest BCUT2D eigenvalue weighted by atomic mass is 32.1. The van der Waals surface area contributed by atoms with Crippen LogP contribution in [0.5, 0.6) is 0 Å². The molecule has 0 bridgehead atoms. The van der Waals surface area contributed by atoms with Gasteiger partial charge in [-0.15, -0.1) is 0 Å². The topological polar surface area (TPSA) is 36.5 Å². The third kappa shape index (κ3) is 5.76. The molecule has 0 unspecified atom stereocenters. The summed E-state index contributed by atoms with van der Waals surface area (Å²) < 4.78 is 18.3. The number of hydrogen-bond donors (Lipinski definition) is 2. The van der Waals surface area contributed by atoms with Crippen LogP contribution in [-0.2, 0) is 24.4 Å². The lowest BCUT2D eigenvalue weighted by Crippen LogP contribution is -2.36. The molecule has 2 aromatic carbocycles. The molecule has 4 nitrogen and oxygen atoms in total. The molecule has 0 amide bonds. The van der Waals surface area contributed by atoms with E-state index in [1.165, 1.54) is 23.3 Å². The van der Waals surface area contributed by atoms with Crippen molar-refractivity contribution in [2.75, 3.05) is 26.3 Å². The Labute approximate surface area is 159 Å². The summed E-state index contributed by atoms with van der Waals surface area (Å²) in [6.07, 6.45) is 0. The minimum Gasteiger partial charge on any atom is -0.379 e. The van der Waals surface area contributed by atoms with E-state index in [4.69, 9.17) is 17.0 Å². The van der Waals surface area contributed by atoms with E-state index >= 15 is 0 Å². The quantitative estimate of drug-likeness (QED) is 0.762. The molecule has 6 heteroatoms. The van der Waals surface area contributed by atoms with Crippen molar-refractivity contribution < 1.29 is 9.13 Å². The van der Waals surface area contributed by atoms with Crippen molar-refractivity contribution in [3.63, 3.8) is 0 Å². The molecule has 1 aliphatic heterocycles. The number of rotatable bonds is 6. The highest BCUT2D eigenvalue weighted by Gasteiger charge is 2.12. The van der Waals surface area contributed by atoms with E-state index in [0.717, 1.165) is 38.4 Å². The number of hydrogen-bond acceptors (Lipinski definition) is 3. The maximum absolute atomic E-state index is 12.9. The molecule has 0 aliphatic carbocycles. The average Bonchev–Trinajstić information content (AvgIpc) is 2.68. The first kappa shape index (κ1) is 18.8. The molecule has 1 aliphatic rings. The zero-order valence-electron chi connectivity index (χ0n) is 14.7. The smallest absolute Gasteiger partial charge is 0.166 e. The standard InChI is InChI=1S/C20H24FN3OS/c21-19-7-5-16(6-8-19)13-22-20(26)23-14-17-3-1-2-4-18(17)15-24-9-11-25-12-10-24/h1-8H,9-15H2,(H2,22,23,26). The van der Waals surface area contributed by atoms with Crippen molar-refractivity contribution in [1.29, 1.82) is 0 Å². The predicted molar refractivity (Wildman–Crippen MR) is 105 cm³/mol. The first-order chi connectivity index (χ1) is 12.7. The van der Waals surface area contributed by atoms with Gasteiger partial charge < -0.3 is 15.4 Å². The molecule has 138 valence electrons. The number of morpholine rings is 1. The van der Waals surface area contributed by atoms with Crippen molar-refractivity contribution in [2.45, 2.75) is 19.6 Å². The molecular formula is C20H24FN3OS. The third-order valence-electron chi connectivity index (χ3n) is 4.42. The van der Waals surface area contributed by atoms with Crippen LogP contribution in [0.4, 0.5) is 4.39 Å². The first-order valence-electron chi connectivity index (χ1n) is 8.84. The monoisotopic (exact) mass is 373 g/mol. The van der Waals surface area contributed by atoms with E-state index in [-0.39, 0.29) is 5.82 Å². The molecule has 2 aromatic rings. The minimum absolute atomic E-state index is 0.230. The van der Waals surface area contributed by atoms with Crippen LogP contribution in [0.15, 0.2) is 48.5 Å². The van der Waals surface area contributed by atoms with E-state index in [1.54, 1.807) is 12.1 Å². The van der Waals surface area contributed by atoms with Crippen LogP contribution >= 0.6 is 12.2 Å². The fourth-order valence-electron chi connectivity index (χ4n) is 2.91. The summed E-state index contributed by atoms with van der Waals surface area (Å²) in [4.78, 5) is 2.41. The maximum atomic E-state index is 12.9. The number of benzene rings is 2. The summed E-state index contributed by atoms with van der Waals surface area (Å²) in [5.41, 5.74) is 3.54. The van der Waals surface area contributed by atoms with Gasteiger partial charge in [-0.25, -0.2) is 4.39 Å². The second-order valence-corrected chi connectivity index (χ2v) is 6.73. The van der Waals surface area contributed by atoms with Crippen LogP contribution in [-0.4, -0.2) is 36.3 Å². The highest BCUT2D eigenvalue weighted by molar-refractivity contribution is 7.80. The Hall–Kier alpha value is -2.02. The maximum Gasteiger partial charge on any atom is 0.166 e. The molecular weight excluding hydrogens is 349 g/mol. The normalized spacial score (nSPS) is 14.8. The van der Waals surface area contributed by atoms with Gasteiger partial charge in [-0.05, 0) is 41.0 Å². The molecule has 0 radical (unpaired) electrons. The van der Waals surface area contributed by atoms with Gasteiger partial charge in [0.05, 0.1) is 13.2 Å². The highest BCUT2D eigenvalue weighted by Crippen LogP contribution is 2.13. The Morgan fingerprint density at radius 2 is 1.62 bits per heavy atom. The Morgan fingerprint density at radius 3 is 2.35 bits per heavy atom. The fourth-order valence-corrected chi connectivity index (χ4v) is 3.05. The van der Waals surface area contributed by atoms with E-state index < -0.39 is 0 Å². The Bertz CT molecular complexity index is 717. The summed E-state index contributed by atoms with van der Waals surface area (Å²) in [5, 5.41) is 7.01. The summed E-state index contributed by atoms with van der Waals surface area (Å²) in [6, 6.07) is 14.8. The molecule has 1 heterocycles. The molecule has 0 atom stereocenters. The Balaban J connectivity index is 1.49. The molecule has 26 heavy (non-hydrogen) atoms. The zero-order chi connectivity index (χ0) is 18.2. The van der Waals surface area contributed by atoms with Crippen LogP contribution in [0.2, 0.25) is 0 Å². The van der Waals surface area contributed by atoms with Gasteiger partial charge in [0.15, 0.2) is 5.11 Å².